The molecule has 1 aromatic carbocycles. The lowest BCUT2D eigenvalue weighted by Crippen LogP contribution is -2.13. The van der Waals surface area contributed by atoms with Gasteiger partial charge >= 0.3 is 6.18 Å². The summed E-state index contributed by atoms with van der Waals surface area (Å²) in [5, 5.41) is 8.80. The summed E-state index contributed by atoms with van der Waals surface area (Å²) < 4.78 is 38.8. The van der Waals surface area contributed by atoms with Gasteiger partial charge in [-0.15, -0.1) is 6.58 Å². The van der Waals surface area contributed by atoms with Crippen LogP contribution in [-0.4, -0.2) is 6.18 Å². The van der Waals surface area contributed by atoms with Gasteiger partial charge in [-0.25, -0.2) is 0 Å². The van der Waals surface area contributed by atoms with Crippen molar-refractivity contribution in [3.05, 3.63) is 54.1 Å². The molecule has 0 amide bonds. The van der Waals surface area contributed by atoms with E-state index in [1.54, 1.807) is 12.1 Å². The summed E-state index contributed by atoms with van der Waals surface area (Å²) in [6.07, 6.45) is -3.36. The maximum Gasteiger partial charge on any atom is 0.417 e. The number of benzene rings is 1. The van der Waals surface area contributed by atoms with Gasteiger partial charge in [-0.3, -0.25) is 0 Å². The minimum absolute atomic E-state index is 0.00148. The van der Waals surface area contributed by atoms with E-state index in [-0.39, 0.29) is 17.6 Å². The van der Waals surface area contributed by atoms with Crippen LogP contribution < -0.4 is 0 Å². The Morgan fingerprint density at radius 2 is 1.88 bits per heavy atom. The fourth-order valence-corrected chi connectivity index (χ4v) is 1.46. The summed E-state index contributed by atoms with van der Waals surface area (Å²) in [6.45, 7) is 3.35. The Morgan fingerprint density at radius 1 is 1.29 bits per heavy atom. The van der Waals surface area contributed by atoms with E-state index in [1.165, 1.54) is 30.3 Å². The highest BCUT2D eigenvalue weighted by Gasteiger charge is 2.37. The Balaban J connectivity index is 3.42. The first-order valence-corrected chi connectivity index (χ1v) is 4.87. The zero-order chi connectivity index (χ0) is 12.9. The Morgan fingerprint density at radius 3 is 2.29 bits per heavy atom. The predicted octanol–water partition coefficient (Wildman–Crippen LogP) is 4.10. The van der Waals surface area contributed by atoms with Gasteiger partial charge in [0, 0.05) is 12.0 Å². The van der Waals surface area contributed by atoms with E-state index in [0.29, 0.717) is 0 Å². The molecule has 88 valence electrons. The molecule has 0 aliphatic heterocycles. The van der Waals surface area contributed by atoms with E-state index in [1.807, 2.05) is 0 Å². The molecule has 0 radical (unpaired) electrons. The highest BCUT2D eigenvalue weighted by atomic mass is 19.4. The van der Waals surface area contributed by atoms with E-state index >= 15 is 0 Å². The molecular weight excluding hydrogens is 227 g/mol. The average molecular weight is 237 g/mol. The molecule has 0 saturated carbocycles. The molecule has 0 N–H and O–H groups in total. The second kappa shape index (κ2) is 5.35. The third kappa shape index (κ3) is 3.22. The van der Waals surface area contributed by atoms with Crippen LogP contribution in [0.2, 0.25) is 0 Å². The van der Waals surface area contributed by atoms with Crippen molar-refractivity contribution in [2.75, 3.05) is 0 Å². The summed E-state index contributed by atoms with van der Waals surface area (Å²) in [5.41, 5.74) is -1.21. The molecule has 1 aromatic rings. The molecular formula is C13H10F3N. The van der Waals surface area contributed by atoms with Crippen molar-refractivity contribution in [2.45, 2.75) is 12.6 Å². The van der Waals surface area contributed by atoms with E-state index in [9.17, 15) is 13.2 Å². The maximum atomic E-state index is 12.9. The third-order valence-corrected chi connectivity index (χ3v) is 2.13. The molecule has 0 aromatic heterocycles. The summed E-state index contributed by atoms with van der Waals surface area (Å²) in [7, 11) is 0. The lowest BCUT2D eigenvalue weighted by atomic mass is 9.98. The standard InChI is InChI=1S/C13H10F3N/c1-2-6-11(9-17)12(13(14,15)16)10-7-4-3-5-8-10/h2-5,7-8H,1,6H2/b12-11-. The topological polar surface area (TPSA) is 23.8 Å². The van der Waals surface area contributed by atoms with Crippen LogP contribution in [0, 0.1) is 11.3 Å². The van der Waals surface area contributed by atoms with Gasteiger partial charge in [0.25, 0.3) is 0 Å². The van der Waals surface area contributed by atoms with Gasteiger partial charge in [-0.1, -0.05) is 36.4 Å². The zero-order valence-corrected chi connectivity index (χ0v) is 8.96. The quantitative estimate of drug-likeness (QED) is 0.573. The Hall–Kier alpha value is -2.02. The molecule has 0 atom stereocenters. The van der Waals surface area contributed by atoms with Gasteiger partial charge in [-0.2, -0.15) is 18.4 Å². The summed E-state index contributed by atoms with van der Waals surface area (Å²) in [6, 6.07) is 8.90. The number of allylic oxidation sites excluding steroid dienone is 3. The summed E-state index contributed by atoms with van der Waals surface area (Å²) in [5.74, 6) is 0. The van der Waals surface area contributed by atoms with Crippen LogP contribution in [0.3, 0.4) is 0 Å². The van der Waals surface area contributed by atoms with Crippen molar-refractivity contribution in [2.24, 2.45) is 0 Å². The first-order chi connectivity index (χ1) is 8.00. The van der Waals surface area contributed by atoms with E-state index in [4.69, 9.17) is 5.26 Å². The van der Waals surface area contributed by atoms with Crippen molar-refractivity contribution < 1.29 is 13.2 Å². The second-order valence-corrected chi connectivity index (χ2v) is 3.32. The lowest BCUT2D eigenvalue weighted by molar-refractivity contribution is -0.0693. The van der Waals surface area contributed by atoms with Gasteiger partial charge in [0.15, 0.2) is 0 Å². The van der Waals surface area contributed by atoms with Gasteiger partial charge in [0.2, 0.25) is 0 Å². The number of nitriles is 1. The van der Waals surface area contributed by atoms with Crippen LogP contribution >= 0.6 is 0 Å². The molecule has 0 saturated heterocycles. The monoisotopic (exact) mass is 237 g/mol. The fourth-order valence-electron chi connectivity index (χ4n) is 1.46. The van der Waals surface area contributed by atoms with Crippen molar-refractivity contribution in [3.63, 3.8) is 0 Å². The van der Waals surface area contributed by atoms with E-state index < -0.39 is 11.7 Å². The summed E-state index contributed by atoms with van der Waals surface area (Å²) in [4.78, 5) is 0. The number of hydrogen-bond donors (Lipinski definition) is 0. The molecule has 0 heterocycles. The third-order valence-electron chi connectivity index (χ3n) is 2.13. The van der Waals surface area contributed by atoms with Crippen molar-refractivity contribution >= 4 is 5.57 Å². The molecule has 1 nitrogen and oxygen atoms in total. The molecule has 0 fully saturated rings. The molecule has 1 rings (SSSR count). The van der Waals surface area contributed by atoms with Gasteiger partial charge in [0.05, 0.1) is 11.6 Å². The van der Waals surface area contributed by atoms with E-state index in [0.717, 1.165) is 0 Å². The molecule has 0 spiro atoms. The number of hydrogen-bond acceptors (Lipinski definition) is 1. The van der Waals surface area contributed by atoms with E-state index in [2.05, 4.69) is 6.58 Å². The van der Waals surface area contributed by atoms with Crippen LogP contribution in [0.15, 0.2) is 48.6 Å². The largest absolute Gasteiger partial charge is 0.417 e. The second-order valence-electron chi connectivity index (χ2n) is 3.32. The number of halogens is 3. The van der Waals surface area contributed by atoms with Gasteiger partial charge < -0.3 is 0 Å². The first-order valence-electron chi connectivity index (χ1n) is 4.87. The van der Waals surface area contributed by atoms with Crippen LogP contribution in [-0.2, 0) is 0 Å². The normalized spacial score (nSPS) is 12.6. The maximum absolute atomic E-state index is 12.9. The molecule has 4 heteroatoms. The minimum Gasteiger partial charge on any atom is -0.193 e. The van der Waals surface area contributed by atoms with Gasteiger partial charge in [-0.05, 0) is 5.56 Å². The Labute approximate surface area is 97.5 Å². The predicted molar refractivity (Wildman–Crippen MR) is 59.8 cm³/mol. The smallest absolute Gasteiger partial charge is 0.193 e. The number of alkyl halides is 3. The van der Waals surface area contributed by atoms with Crippen molar-refractivity contribution in [1.82, 2.24) is 0 Å². The van der Waals surface area contributed by atoms with Crippen LogP contribution in [0.25, 0.3) is 5.57 Å². The van der Waals surface area contributed by atoms with Crippen LogP contribution in [0.5, 0.6) is 0 Å². The summed E-state index contributed by atoms with van der Waals surface area (Å²) >= 11 is 0. The Bertz CT molecular complexity index is 464. The molecule has 0 aliphatic carbocycles. The first kappa shape index (κ1) is 13.0. The van der Waals surface area contributed by atoms with Crippen LogP contribution in [0.1, 0.15) is 12.0 Å². The highest BCUT2D eigenvalue weighted by molar-refractivity contribution is 5.75. The lowest BCUT2D eigenvalue weighted by Gasteiger charge is -2.13. The highest BCUT2D eigenvalue weighted by Crippen LogP contribution is 2.37. The SMILES string of the molecule is C=CC/C(C#N)=C(\c1ccccc1)C(F)(F)F. The fraction of sp³-hybridized carbons (Fsp3) is 0.154. The number of rotatable bonds is 3. The molecule has 17 heavy (non-hydrogen) atoms. The zero-order valence-electron chi connectivity index (χ0n) is 8.96. The average Bonchev–Trinajstić information content (AvgIpc) is 2.28. The number of nitrogens with zero attached hydrogens (tertiary/aromatic N) is 1. The van der Waals surface area contributed by atoms with Crippen molar-refractivity contribution in [3.8, 4) is 6.07 Å². The van der Waals surface area contributed by atoms with Crippen molar-refractivity contribution in [1.29, 1.82) is 5.26 Å². The van der Waals surface area contributed by atoms with Gasteiger partial charge in [0.1, 0.15) is 0 Å². The molecule has 0 bridgehead atoms. The molecule has 0 unspecified atom stereocenters. The minimum atomic E-state index is -4.55. The molecule has 0 aliphatic rings. The van der Waals surface area contributed by atoms with Crippen LogP contribution in [0.4, 0.5) is 13.2 Å². The Kier molecular flexibility index (Phi) is 4.11.